The maximum atomic E-state index is 13.5. The molecule has 1 saturated heterocycles. The van der Waals surface area contributed by atoms with Gasteiger partial charge in [-0.25, -0.2) is 0 Å². The third kappa shape index (κ3) is 3.48. The number of imidazole rings is 1. The quantitative estimate of drug-likeness (QED) is 0.802. The van der Waals surface area contributed by atoms with Crippen molar-refractivity contribution in [2.24, 2.45) is 4.99 Å². The number of aryl methyl sites for hydroxylation is 2. The molecule has 1 aromatic heterocycles. The van der Waals surface area contributed by atoms with Gasteiger partial charge in [0.05, 0.1) is 13.1 Å². The predicted molar refractivity (Wildman–Crippen MR) is 121 cm³/mol. The first-order valence-electron chi connectivity index (χ1n) is 11.2. The molecule has 0 atom stereocenters. The van der Waals surface area contributed by atoms with E-state index in [0.29, 0.717) is 31.4 Å². The lowest BCUT2D eigenvalue weighted by Gasteiger charge is -2.32. The Morgan fingerprint density at radius 3 is 2.74 bits per heavy atom. The first kappa shape index (κ1) is 20.1. The van der Waals surface area contributed by atoms with E-state index in [4.69, 9.17) is 9.72 Å². The van der Waals surface area contributed by atoms with Gasteiger partial charge in [0.15, 0.2) is 11.5 Å². The van der Waals surface area contributed by atoms with Gasteiger partial charge >= 0.3 is 0 Å². The summed E-state index contributed by atoms with van der Waals surface area (Å²) >= 11 is 0. The molecule has 31 heavy (non-hydrogen) atoms. The van der Waals surface area contributed by atoms with E-state index in [-0.39, 0.29) is 5.91 Å². The Hall–Kier alpha value is -2.87. The molecule has 164 valence electrons. The highest BCUT2D eigenvalue weighted by atomic mass is 16.5. The van der Waals surface area contributed by atoms with Crippen LogP contribution in [0.1, 0.15) is 46.9 Å². The number of nitrogens with zero attached hydrogens (tertiary/aromatic N) is 5. The second kappa shape index (κ2) is 8.00. The number of aromatic nitrogens is 2. The molecule has 3 aliphatic heterocycles. The molecule has 0 saturated carbocycles. The summed E-state index contributed by atoms with van der Waals surface area (Å²) in [4.78, 5) is 26.9. The third-order valence-corrected chi connectivity index (χ3v) is 6.50. The molecular weight excluding hydrogens is 392 g/mol. The fourth-order valence-corrected chi connectivity index (χ4v) is 4.58. The number of rotatable bonds is 5. The molecule has 5 rings (SSSR count). The number of ether oxygens (including phenoxy) is 1. The minimum Gasteiger partial charge on any atom is -0.381 e. The first-order chi connectivity index (χ1) is 15.1. The Morgan fingerprint density at radius 2 is 2.00 bits per heavy atom. The maximum absolute atomic E-state index is 13.5. The molecule has 0 aliphatic carbocycles. The zero-order valence-corrected chi connectivity index (χ0v) is 18.5. The van der Waals surface area contributed by atoms with Crippen molar-refractivity contribution in [2.45, 2.75) is 46.2 Å². The molecule has 0 spiro atoms. The van der Waals surface area contributed by atoms with Crippen molar-refractivity contribution >= 4 is 23.6 Å². The van der Waals surface area contributed by atoms with Gasteiger partial charge in [-0.2, -0.15) is 4.98 Å². The normalized spacial score (nSPS) is 18.8. The van der Waals surface area contributed by atoms with Crippen molar-refractivity contribution in [1.29, 1.82) is 0 Å². The Bertz CT molecular complexity index is 1040. The number of guanidine groups is 1. The van der Waals surface area contributed by atoms with Crippen molar-refractivity contribution < 1.29 is 9.53 Å². The number of hydrogen-bond donors (Lipinski definition) is 1. The van der Waals surface area contributed by atoms with Gasteiger partial charge in [0, 0.05) is 32.3 Å². The van der Waals surface area contributed by atoms with Gasteiger partial charge in [-0.15, -0.1) is 0 Å². The molecule has 1 amide bonds. The van der Waals surface area contributed by atoms with Crippen LogP contribution in [-0.4, -0.2) is 65.2 Å². The van der Waals surface area contributed by atoms with Crippen molar-refractivity contribution in [1.82, 2.24) is 14.5 Å². The molecule has 1 aromatic carbocycles. The second-order valence-electron chi connectivity index (χ2n) is 8.53. The number of anilines is 2. The van der Waals surface area contributed by atoms with Gasteiger partial charge < -0.3 is 10.1 Å². The predicted octanol–water partition coefficient (Wildman–Crippen LogP) is 2.79. The molecule has 8 heteroatoms. The largest absolute Gasteiger partial charge is 0.381 e. The lowest BCUT2D eigenvalue weighted by atomic mass is 10.1. The monoisotopic (exact) mass is 422 g/mol. The molecule has 1 N–H and O–H groups in total. The van der Waals surface area contributed by atoms with E-state index < -0.39 is 0 Å². The second-order valence-corrected chi connectivity index (χ2v) is 8.53. The lowest BCUT2D eigenvalue weighted by molar-refractivity contribution is 0.0835. The molecule has 0 unspecified atom stereocenters. The van der Waals surface area contributed by atoms with Crippen LogP contribution in [-0.2, 0) is 11.3 Å². The van der Waals surface area contributed by atoms with E-state index in [1.165, 1.54) is 11.1 Å². The topological polar surface area (TPSA) is 75.0 Å². The highest BCUT2D eigenvalue weighted by molar-refractivity contribution is 6.18. The SMILES string of the molecule is CCN1C(=O)c2c(nc(NC3CCOCC3)n2Cc2ccc(C)c(C)c2)N2CCN=C12. The van der Waals surface area contributed by atoms with Gasteiger partial charge in [-0.1, -0.05) is 18.2 Å². The highest BCUT2D eigenvalue weighted by Crippen LogP contribution is 2.34. The van der Waals surface area contributed by atoms with E-state index >= 15 is 0 Å². The van der Waals surface area contributed by atoms with E-state index in [9.17, 15) is 4.79 Å². The van der Waals surface area contributed by atoms with Gasteiger partial charge in [0.2, 0.25) is 11.9 Å². The summed E-state index contributed by atoms with van der Waals surface area (Å²) in [6.07, 6.45) is 1.87. The Kier molecular flexibility index (Phi) is 5.17. The summed E-state index contributed by atoms with van der Waals surface area (Å²) < 4.78 is 7.58. The van der Waals surface area contributed by atoms with Crippen LogP contribution in [0.2, 0.25) is 0 Å². The molecule has 3 aliphatic rings. The maximum Gasteiger partial charge on any atom is 0.281 e. The van der Waals surface area contributed by atoms with Gasteiger partial charge in [-0.3, -0.25) is 24.2 Å². The highest BCUT2D eigenvalue weighted by Gasteiger charge is 2.41. The van der Waals surface area contributed by atoms with Crippen LogP contribution < -0.4 is 10.2 Å². The number of hydrogen-bond acceptors (Lipinski definition) is 6. The van der Waals surface area contributed by atoms with Crippen LogP contribution in [0, 0.1) is 13.8 Å². The number of carbonyl (C=O) groups is 1. The van der Waals surface area contributed by atoms with Crippen LogP contribution in [0.4, 0.5) is 11.8 Å². The summed E-state index contributed by atoms with van der Waals surface area (Å²) in [5, 5.41) is 3.62. The van der Waals surface area contributed by atoms with Crippen LogP contribution in [0.15, 0.2) is 23.2 Å². The van der Waals surface area contributed by atoms with E-state index in [0.717, 1.165) is 55.9 Å². The fraction of sp³-hybridized carbons (Fsp3) is 0.522. The van der Waals surface area contributed by atoms with E-state index in [1.54, 1.807) is 4.90 Å². The summed E-state index contributed by atoms with van der Waals surface area (Å²) in [5.41, 5.74) is 4.33. The number of aliphatic imine (C=N–C) groups is 1. The standard InChI is InChI=1S/C23H30N6O2/c1-4-27-21(30)19-20(28-10-9-24-23(27)28)26-22(25-18-7-11-31-12-8-18)29(19)14-17-6-5-15(2)16(3)13-17/h5-6,13,18H,4,7-12,14H2,1-3H3,(H,25,26). The Morgan fingerprint density at radius 1 is 1.19 bits per heavy atom. The summed E-state index contributed by atoms with van der Waals surface area (Å²) in [5.74, 6) is 2.19. The zero-order valence-electron chi connectivity index (χ0n) is 18.5. The van der Waals surface area contributed by atoms with E-state index in [1.807, 2.05) is 6.92 Å². The molecule has 1 fully saturated rings. The summed E-state index contributed by atoms with van der Waals surface area (Å²) in [7, 11) is 0. The summed E-state index contributed by atoms with van der Waals surface area (Å²) in [6, 6.07) is 6.78. The average molecular weight is 423 g/mol. The molecular formula is C23H30N6O2. The fourth-order valence-electron chi connectivity index (χ4n) is 4.58. The van der Waals surface area contributed by atoms with Crippen molar-refractivity contribution in [2.75, 3.05) is 43.1 Å². The molecule has 4 heterocycles. The van der Waals surface area contributed by atoms with Gasteiger partial charge in [0.1, 0.15) is 0 Å². The lowest BCUT2D eigenvalue weighted by Crippen LogP contribution is -2.50. The van der Waals surface area contributed by atoms with Crippen molar-refractivity contribution in [3.05, 3.63) is 40.6 Å². The molecule has 0 bridgehead atoms. The number of amides is 1. The van der Waals surface area contributed by atoms with Gasteiger partial charge in [-0.05, 0) is 50.3 Å². The van der Waals surface area contributed by atoms with Crippen LogP contribution in [0.25, 0.3) is 0 Å². The average Bonchev–Trinajstić information content (AvgIpc) is 3.38. The number of carbonyl (C=O) groups excluding carboxylic acids is 1. The van der Waals surface area contributed by atoms with Gasteiger partial charge in [0.25, 0.3) is 5.91 Å². The third-order valence-electron chi connectivity index (χ3n) is 6.50. The number of fused-ring (bicyclic) bond motifs is 3. The van der Waals surface area contributed by atoms with Crippen LogP contribution in [0.5, 0.6) is 0 Å². The summed E-state index contributed by atoms with van der Waals surface area (Å²) in [6.45, 7) is 10.4. The van der Waals surface area contributed by atoms with Crippen LogP contribution in [0.3, 0.4) is 0 Å². The smallest absolute Gasteiger partial charge is 0.281 e. The molecule has 0 radical (unpaired) electrons. The molecule has 2 aromatic rings. The van der Waals surface area contributed by atoms with Crippen LogP contribution >= 0.6 is 0 Å². The first-order valence-corrected chi connectivity index (χ1v) is 11.2. The minimum absolute atomic E-state index is 0.0224. The Balaban J connectivity index is 1.59. The number of nitrogens with one attached hydrogen (secondary N) is 1. The Labute approximate surface area is 182 Å². The zero-order chi connectivity index (χ0) is 21.5. The molecule has 8 nitrogen and oxygen atoms in total. The minimum atomic E-state index is -0.0224. The number of benzene rings is 1. The van der Waals surface area contributed by atoms with Crippen molar-refractivity contribution in [3.63, 3.8) is 0 Å². The van der Waals surface area contributed by atoms with Crippen molar-refractivity contribution in [3.8, 4) is 0 Å². The van der Waals surface area contributed by atoms with E-state index in [2.05, 4.69) is 51.8 Å².